The molecule has 2 aromatic carbocycles. The van der Waals surface area contributed by atoms with Crippen LogP contribution in [0.3, 0.4) is 0 Å². The van der Waals surface area contributed by atoms with Crippen LogP contribution in [0.5, 0.6) is 0 Å². The maximum absolute atomic E-state index is 3.09. The monoisotopic (exact) mass is 169 g/mol. The van der Waals surface area contributed by atoms with E-state index in [2.05, 4.69) is 37.3 Å². The zero-order chi connectivity index (χ0) is 9.10. The Kier molecular flexibility index (Phi) is 2.31. The second kappa shape index (κ2) is 3.61. The Morgan fingerprint density at radius 3 is 2.92 bits per heavy atom. The van der Waals surface area contributed by atoms with Gasteiger partial charge in [0.25, 0.3) is 0 Å². The zero-order valence-electron chi connectivity index (χ0n) is 7.88. The summed E-state index contributed by atoms with van der Waals surface area (Å²) in [7, 11) is 0. The predicted octanol–water partition coefficient (Wildman–Crippen LogP) is 3.59. The largest absolute Gasteiger partial charge is 0.0651 e. The summed E-state index contributed by atoms with van der Waals surface area (Å²) in [6.07, 6.45) is 2.39. The maximum atomic E-state index is 3.09. The first-order valence-corrected chi connectivity index (χ1v) is 4.79. The molecule has 0 saturated heterocycles. The van der Waals surface area contributed by atoms with Crippen LogP contribution in [0.2, 0.25) is 0 Å². The van der Waals surface area contributed by atoms with Gasteiger partial charge in [-0.15, -0.1) is 0 Å². The highest BCUT2D eigenvalue weighted by Gasteiger charge is 1.94. The van der Waals surface area contributed by atoms with E-state index in [1.165, 1.54) is 29.2 Å². The van der Waals surface area contributed by atoms with Crippen LogP contribution in [0.1, 0.15) is 18.9 Å². The normalized spacial score (nSPS) is 10.5. The standard InChI is InChI=1S/C13H13/c1-2-5-11-8-9-12-6-3-4-7-13(12)10-11/h4,6-10H,2,5H2,1H3. The van der Waals surface area contributed by atoms with Gasteiger partial charge in [-0.1, -0.05) is 43.7 Å². The molecule has 2 aromatic rings. The molecule has 0 amide bonds. The highest BCUT2D eigenvalue weighted by atomic mass is 14.0. The molecule has 0 N–H and O–H groups in total. The lowest BCUT2D eigenvalue weighted by Crippen LogP contribution is -1.82. The molecule has 2 rings (SSSR count). The fraction of sp³-hybridized carbons (Fsp3) is 0.231. The van der Waals surface area contributed by atoms with Crippen molar-refractivity contribution in [2.45, 2.75) is 19.8 Å². The van der Waals surface area contributed by atoms with Crippen molar-refractivity contribution in [3.05, 3.63) is 48.0 Å². The van der Waals surface area contributed by atoms with Crippen LogP contribution in [-0.4, -0.2) is 0 Å². The second-order valence-corrected chi connectivity index (χ2v) is 3.36. The number of fused-ring (bicyclic) bond motifs is 1. The van der Waals surface area contributed by atoms with Gasteiger partial charge in [0.1, 0.15) is 0 Å². The van der Waals surface area contributed by atoms with Crippen molar-refractivity contribution < 1.29 is 0 Å². The van der Waals surface area contributed by atoms with Crippen LogP contribution in [0.4, 0.5) is 0 Å². The molecule has 0 bridgehead atoms. The van der Waals surface area contributed by atoms with E-state index in [4.69, 9.17) is 0 Å². The minimum absolute atomic E-state index is 1.18. The average molecular weight is 169 g/mol. The van der Waals surface area contributed by atoms with Crippen LogP contribution in [0.25, 0.3) is 10.8 Å². The molecule has 0 aliphatic heterocycles. The molecule has 0 heterocycles. The van der Waals surface area contributed by atoms with Gasteiger partial charge >= 0.3 is 0 Å². The first-order valence-electron chi connectivity index (χ1n) is 4.79. The molecule has 13 heavy (non-hydrogen) atoms. The first kappa shape index (κ1) is 8.31. The van der Waals surface area contributed by atoms with E-state index in [1.807, 2.05) is 12.1 Å². The van der Waals surface area contributed by atoms with E-state index < -0.39 is 0 Å². The quantitative estimate of drug-likeness (QED) is 0.644. The van der Waals surface area contributed by atoms with Crippen LogP contribution in [0.15, 0.2) is 36.4 Å². The van der Waals surface area contributed by atoms with Crippen molar-refractivity contribution in [3.63, 3.8) is 0 Å². The van der Waals surface area contributed by atoms with Gasteiger partial charge in [-0.2, -0.15) is 0 Å². The van der Waals surface area contributed by atoms with Gasteiger partial charge < -0.3 is 0 Å². The molecular weight excluding hydrogens is 156 g/mol. The maximum Gasteiger partial charge on any atom is -0.0177 e. The summed E-state index contributed by atoms with van der Waals surface area (Å²) >= 11 is 0. The van der Waals surface area contributed by atoms with Gasteiger partial charge in [0.05, 0.1) is 0 Å². The topological polar surface area (TPSA) is 0 Å². The van der Waals surface area contributed by atoms with Gasteiger partial charge in [0, 0.05) is 0 Å². The molecule has 0 atom stereocenters. The summed E-state index contributed by atoms with van der Waals surface area (Å²) < 4.78 is 0. The smallest absolute Gasteiger partial charge is 0.0177 e. The number of hydrogen-bond donors (Lipinski definition) is 0. The van der Waals surface area contributed by atoms with E-state index in [-0.39, 0.29) is 0 Å². The number of benzene rings is 2. The van der Waals surface area contributed by atoms with Crippen LogP contribution >= 0.6 is 0 Å². The summed E-state index contributed by atoms with van der Waals surface area (Å²) in [6, 6.07) is 15.9. The minimum Gasteiger partial charge on any atom is -0.0651 e. The summed E-state index contributed by atoms with van der Waals surface area (Å²) in [5.41, 5.74) is 1.43. The second-order valence-electron chi connectivity index (χ2n) is 3.36. The van der Waals surface area contributed by atoms with Crippen molar-refractivity contribution in [1.82, 2.24) is 0 Å². The Morgan fingerprint density at radius 1 is 1.15 bits per heavy atom. The highest BCUT2D eigenvalue weighted by molar-refractivity contribution is 5.82. The molecule has 0 unspecified atom stereocenters. The van der Waals surface area contributed by atoms with Gasteiger partial charge in [-0.25, -0.2) is 0 Å². The fourth-order valence-corrected chi connectivity index (χ4v) is 1.62. The van der Waals surface area contributed by atoms with Crippen molar-refractivity contribution in [3.8, 4) is 0 Å². The highest BCUT2D eigenvalue weighted by Crippen LogP contribution is 2.16. The molecule has 1 radical (unpaired) electrons. The van der Waals surface area contributed by atoms with Gasteiger partial charge in [0.2, 0.25) is 0 Å². The third-order valence-corrected chi connectivity index (χ3v) is 2.29. The lowest BCUT2D eigenvalue weighted by molar-refractivity contribution is 0.924. The van der Waals surface area contributed by atoms with E-state index >= 15 is 0 Å². The van der Waals surface area contributed by atoms with Crippen LogP contribution < -0.4 is 0 Å². The van der Waals surface area contributed by atoms with E-state index in [1.54, 1.807) is 0 Å². The average Bonchev–Trinajstić information content (AvgIpc) is 2.18. The van der Waals surface area contributed by atoms with Gasteiger partial charge in [-0.05, 0) is 34.9 Å². The van der Waals surface area contributed by atoms with Crippen LogP contribution in [-0.2, 0) is 6.42 Å². The molecule has 0 saturated carbocycles. The van der Waals surface area contributed by atoms with E-state index in [0.717, 1.165) is 0 Å². The molecule has 0 nitrogen and oxygen atoms in total. The Labute approximate surface area is 79.2 Å². The van der Waals surface area contributed by atoms with Crippen molar-refractivity contribution in [2.24, 2.45) is 0 Å². The first-order chi connectivity index (χ1) is 6.40. The van der Waals surface area contributed by atoms with Crippen molar-refractivity contribution in [1.29, 1.82) is 0 Å². The van der Waals surface area contributed by atoms with Gasteiger partial charge in [-0.3, -0.25) is 0 Å². The summed E-state index contributed by atoms with van der Waals surface area (Å²) in [4.78, 5) is 0. The lowest BCUT2D eigenvalue weighted by Gasteiger charge is -2.01. The van der Waals surface area contributed by atoms with E-state index in [0.29, 0.717) is 0 Å². The Morgan fingerprint density at radius 2 is 2.08 bits per heavy atom. The SMILES string of the molecule is CCCc1ccc2c[c]ccc2c1. The Balaban J connectivity index is 2.49. The molecule has 0 heteroatoms. The van der Waals surface area contributed by atoms with Crippen LogP contribution in [0, 0.1) is 6.07 Å². The van der Waals surface area contributed by atoms with Crippen molar-refractivity contribution >= 4 is 10.8 Å². The zero-order valence-corrected chi connectivity index (χ0v) is 7.88. The third-order valence-electron chi connectivity index (χ3n) is 2.29. The minimum atomic E-state index is 1.18. The van der Waals surface area contributed by atoms with Gasteiger partial charge in [0.15, 0.2) is 0 Å². The molecule has 0 fully saturated rings. The molecule has 0 aromatic heterocycles. The van der Waals surface area contributed by atoms with E-state index in [9.17, 15) is 0 Å². The molecule has 0 aliphatic carbocycles. The summed E-state index contributed by atoms with van der Waals surface area (Å²) in [5, 5.41) is 2.60. The Bertz CT molecular complexity index is 401. The molecule has 0 aliphatic rings. The Hall–Kier alpha value is -1.30. The fourth-order valence-electron chi connectivity index (χ4n) is 1.62. The third kappa shape index (κ3) is 1.72. The summed E-state index contributed by atoms with van der Waals surface area (Å²) in [6.45, 7) is 2.21. The predicted molar refractivity (Wildman–Crippen MR) is 56.8 cm³/mol. The number of rotatable bonds is 2. The number of aryl methyl sites for hydroxylation is 1. The van der Waals surface area contributed by atoms with Crippen molar-refractivity contribution in [2.75, 3.05) is 0 Å². The number of hydrogen-bond acceptors (Lipinski definition) is 0. The molecular formula is C13H13. The summed E-state index contributed by atoms with van der Waals surface area (Å²) in [5.74, 6) is 0. The molecule has 0 spiro atoms. The molecule has 65 valence electrons. The lowest BCUT2D eigenvalue weighted by atomic mass is 10.0.